The summed E-state index contributed by atoms with van der Waals surface area (Å²) in [6.07, 6.45) is 0. The molecule has 0 aliphatic carbocycles. The predicted octanol–water partition coefficient (Wildman–Crippen LogP) is 1.64. The Morgan fingerprint density at radius 3 is 2.43 bits per heavy atom. The van der Waals surface area contributed by atoms with Gasteiger partial charge in [0.1, 0.15) is 11.5 Å². The summed E-state index contributed by atoms with van der Waals surface area (Å²) in [7, 11) is 3.32. The molecule has 1 aromatic rings. The molecule has 0 saturated heterocycles. The zero-order valence-electron chi connectivity index (χ0n) is 13.7. The Bertz CT molecular complexity index is 409. The van der Waals surface area contributed by atoms with E-state index in [1.807, 2.05) is 18.2 Å². The van der Waals surface area contributed by atoms with Crippen LogP contribution in [0.5, 0.6) is 11.5 Å². The Labute approximate surface area is 128 Å². The summed E-state index contributed by atoms with van der Waals surface area (Å²) >= 11 is 0. The number of hydrogen-bond acceptors (Lipinski definition) is 5. The summed E-state index contributed by atoms with van der Waals surface area (Å²) in [6.45, 7) is 8.93. The molecule has 0 amide bonds. The molecule has 0 radical (unpaired) electrons. The Hall–Kier alpha value is -1.30. The minimum atomic E-state index is 0.0846. The van der Waals surface area contributed by atoms with Crippen LogP contribution in [0.1, 0.15) is 25.5 Å². The van der Waals surface area contributed by atoms with Crippen LogP contribution in [0.15, 0.2) is 18.2 Å². The molecule has 5 heteroatoms. The van der Waals surface area contributed by atoms with Crippen molar-refractivity contribution >= 4 is 0 Å². The van der Waals surface area contributed by atoms with E-state index in [2.05, 4.69) is 24.1 Å². The number of likely N-dealkylation sites (N-methyl/N-ethyl adjacent to an activating group) is 1. The fourth-order valence-electron chi connectivity index (χ4n) is 2.36. The minimum absolute atomic E-state index is 0.0846. The molecular formula is C16H29N3O2. The highest BCUT2D eigenvalue weighted by Crippen LogP contribution is 2.29. The summed E-state index contributed by atoms with van der Waals surface area (Å²) in [4.78, 5) is 2.38. The van der Waals surface area contributed by atoms with Crippen molar-refractivity contribution in [3.63, 3.8) is 0 Å². The van der Waals surface area contributed by atoms with E-state index in [1.54, 1.807) is 14.2 Å². The number of hydrogen-bond donors (Lipinski definition) is 2. The molecule has 0 spiro atoms. The van der Waals surface area contributed by atoms with Crippen LogP contribution >= 0.6 is 0 Å². The molecule has 0 aromatic heterocycles. The summed E-state index contributed by atoms with van der Waals surface area (Å²) in [6, 6.07) is 5.93. The van der Waals surface area contributed by atoms with E-state index in [1.165, 1.54) is 0 Å². The number of methoxy groups -OCH3 is 2. The fourth-order valence-corrected chi connectivity index (χ4v) is 2.36. The van der Waals surface area contributed by atoms with Crippen molar-refractivity contribution in [2.75, 3.05) is 46.9 Å². The molecule has 120 valence electrons. The molecule has 0 fully saturated rings. The van der Waals surface area contributed by atoms with Crippen LogP contribution in [0.25, 0.3) is 0 Å². The van der Waals surface area contributed by atoms with E-state index >= 15 is 0 Å². The van der Waals surface area contributed by atoms with Crippen molar-refractivity contribution in [3.05, 3.63) is 23.8 Å². The van der Waals surface area contributed by atoms with Gasteiger partial charge in [-0.15, -0.1) is 0 Å². The maximum Gasteiger partial charge on any atom is 0.127 e. The normalized spacial score (nSPS) is 12.5. The van der Waals surface area contributed by atoms with Crippen molar-refractivity contribution in [1.82, 2.24) is 10.2 Å². The van der Waals surface area contributed by atoms with Gasteiger partial charge in [0.25, 0.3) is 0 Å². The van der Waals surface area contributed by atoms with Crippen LogP contribution in [0.2, 0.25) is 0 Å². The van der Waals surface area contributed by atoms with Crippen molar-refractivity contribution < 1.29 is 9.47 Å². The van der Waals surface area contributed by atoms with Gasteiger partial charge in [-0.25, -0.2) is 0 Å². The molecular weight excluding hydrogens is 266 g/mol. The van der Waals surface area contributed by atoms with Gasteiger partial charge < -0.3 is 25.4 Å². The Kier molecular flexibility index (Phi) is 8.12. The quantitative estimate of drug-likeness (QED) is 0.687. The summed E-state index contributed by atoms with van der Waals surface area (Å²) in [5.41, 5.74) is 6.99. The molecule has 1 atom stereocenters. The Balaban J connectivity index is 2.71. The van der Waals surface area contributed by atoms with Gasteiger partial charge in [0.05, 0.1) is 14.2 Å². The van der Waals surface area contributed by atoms with Gasteiger partial charge >= 0.3 is 0 Å². The van der Waals surface area contributed by atoms with Crippen LogP contribution in [0.4, 0.5) is 0 Å². The van der Waals surface area contributed by atoms with Crippen LogP contribution in [0.3, 0.4) is 0 Å². The maximum absolute atomic E-state index is 5.92. The number of ether oxygens (including phenoxy) is 2. The van der Waals surface area contributed by atoms with E-state index in [9.17, 15) is 0 Å². The van der Waals surface area contributed by atoms with Crippen LogP contribution in [-0.4, -0.2) is 51.8 Å². The van der Waals surface area contributed by atoms with Gasteiger partial charge in [-0.3, -0.25) is 0 Å². The smallest absolute Gasteiger partial charge is 0.127 e. The van der Waals surface area contributed by atoms with Gasteiger partial charge in [0.2, 0.25) is 0 Å². The SMILES string of the molecule is CCN(CC)CCNC(CN)c1ccc(OC)cc1OC. The molecule has 1 unspecified atom stereocenters. The van der Waals surface area contributed by atoms with Gasteiger partial charge in [-0.1, -0.05) is 19.9 Å². The fraction of sp³-hybridized carbons (Fsp3) is 0.625. The third-order valence-electron chi connectivity index (χ3n) is 3.76. The van der Waals surface area contributed by atoms with E-state index < -0.39 is 0 Å². The number of nitrogens with one attached hydrogen (secondary N) is 1. The highest BCUT2D eigenvalue weighted by Gasteiger charge is 2.15. The topological polar surface area (TPSA) is 59.8 Å². The number of nitrogens with zero attached hydrogens (tertiary/aromatic N) is 1. The summed E-state index contributed by atoms with van der Waals surface area (Å²) < 4.78 is 10.7. The molecule has 0 saturated carbocycles. The zero-order chi connectivity index (χ0) is 15.7. The van der Waals surface area contributed by atoms with E-state index in [0.29, 0.717) is 6.54 Å². The lowest BCUT2D eigenvalue weighted by atomic mass is 10.1. The van der Waals surface area contributed by atoms with Gasteiger partial charge in [0.15, 0.2) is 0 Å². The second kappa shape index (κ2) is 9.60. The second-order valence-corrected chi connectivity index (χ2v) is 4.88. The average molecular weight is 295 g/mol. The number of benzene rings is 1. The summed E-state index contributed by atoms with van der Waals surface area (Å²) in [5.74, 6) is 1.59. The second-order valence-electron chi connectivity index (χ2n) is 4.88. The number of rotatable bonds is 10. The molecule has 0 aliphatic rings. The van der Waals surface area contributed by atoms with Gasteiger partial charge in [-0.05, 0) is 19.2 Å². The minimum Gasteiger partial charge on any atom is -0.497 e. The maximum atomic E-state index is 5.92. The first-order valence-electron chi connectivity index (χ1n) is 7.57. The standard InChI is InChI=1S/C16H29N3O2/c1-5-19(6-2)10-9-18-15(12-17)14-8-7-13(20-3)11-16(14)21-4/h7-8,11,15,18H,5-6,9-10,12,17H2,1-4H3. The van der Waals surface area contributed by atoms with E-state index in [-0.39, 0.29) is 6.04 Å². The molecule has 0 heterocycles. The third-order valence-corrected chi connectivity index (χ3v) is 3.76. The molecule has 0 bridgehead atoms. The number of nitrogens with two attached hydrogens (primary N) is 1. The van der Waals surface area contributed by atoms with Crippen molar-refractivity contribution in [3.8, 4) is 11.5 Å². The average Bonchev–Trinajstić information content (AvgIpc) is 2.55. The lowest BCUT2D eigenvalue weighted by Gasteiger charge is -2.23. The van der Waals surface area contributed by atoms with Crippen molar-refractivity contribution in [1.29, 1.82) is 0 Å². The Morgan fingerprint density at radius 1 is 1.19 bits per heavy atom. The lowest BCUT2D eigenvalue weighted by molar-refractivity contribution is 0.296. The molecule has 3 N–H and O–H groups in total. The third kappa shape index (κ3) is 5.19. The first kappa shape index (κ1) is 17.8. The van der Waals surface area contributed by atoms with Crippen LogP contribution < -0.4 is 20.5 Å². The molecule has 21 heavy (non-hydrogen) atoms. The molecule has 1 rings (SSSR count). The van der Waals surface area contributed by atoms with E-state index in [0.717, 1.165) is 43.2 Å². The largest absolute Gasteiger partial charge is 0.497 e. The Morgan fingerprint density at radius 2 is 1.90 bits per heavy atom. The van der Waals surface area contributed by atoms with E-state index in [4.69, 9.17) is 15.2 Å². The lowest BCUT2D eigenvalue weighted by Crippen LogP contribution is -2.36. The van der Waals surface area contributed by atoms with Crippen molar-refractivity contribution in [2.24, 2.45) is 5.73 Å². The summed E-state index contributed by atoms with van der Waals surface area (Å²) in [5, 5.41) is 3.51. The van der Waals surface area contributed by atoms with Gasteiger partial charge in [0, 0.05) is 37.3 Å². The zero-order valence-corrected chi connectivity index (χ0v) is 13.7. The highest BCUT2D eigenvalue weighted by molar-refractivity contribution is 5.42. The van der Waals surface area contributed by atoms with Crippen LogP contribution in [0, 0.1) is 0 Å². The molecule has 0 aliphatic heterocycles. The first-order chi connectivity index (χ1) is 10.2. The monoisotopic (exact) mass is 295 g/mol. The molecule has 1 aromatic carbocycles. The van der Waals surface area contributed by atoms with Gasteiger partial charge in [-0.2, -0.15) is 0 Å². The molecule has 5 nitrogen and oxygen atoms in total. The highest BCUT2D eigenvalue weighted by atomic mass is 16.5. The first-order valence-corrected chi connectivity index (χ1v) is 7.57. The van der Waals surface area contributed by atoms with Crippen molar-refractivity contribution in [2.45, 2.75) is 19.9 Å². The van der Waals surface area contributed by atoms with Crippen LogP contribution in [-0.2, 0) is 0 Å². The predicted molar refractivity (Wildman–Crippen MR) is 87.1 cm³/mol.